The maximum Gasteiger partial charge on any atom is 0.169 e. The number of alkyl halides is 1. The zero-order chi connectivity index (χ0) is 9.26. The molecule has 1 heterocycles. The van der Waals surface area contributed by atoms with Crippen molar-refractivity contribution in [2.24, 2.45) is 5.92 Å². The lowest BCUT2D eigenvalue weighted by atomic mass is 9.83. The van der Waals surface area contributed by atoms with Gasteiger partial charge in [0.25, 0.3) is 0 Å². The summed E-state index contributed by atoms with van der Waals surface area (Å²) in [6, 6.07) is 0. The molecule has 1 aromatic rings. The van der Waals surface area contributed by atoms with Gasteiger partial charge in [-0.3, -0.25) is 4.79 Å². The fourth-order valence-corrected chi connectivity index (χ4v) is 3.20. The third kappa shape index (κ3) is 1.83. The first kappa shape index (κ1) is 9.34. The van der Waals surface area contributed by atoms with Crippen LogP contribution < -0.4 is 0 Å². The van der Waals surface area contributed by atoms with E-state index in [0.29, 0.717) is 10.5 Å². The van der Waals surface area contributed by atoms with Gasteiger partial charge < -0.3 is 0 Å². The van der Waals surface area contributed by atoms with Crippen LogP contribution in [0.15, 0.2) is 5.38 Å². The molecule has 0 spiro atoms. The molecule has 0 amide bonds. The van der Waals surface area contributed by atoms with Crippen molar-refractivity contribution >= 4 is 33.6 Å². The Morgan fingerprint density at radius 1 is 1.69 bits per heavy atom. The van der Waals surface area contributed by atoms with E-state index in [1.807, 2.05) is 5.38 Å². The summed E-state index contributed by atoms with van der Waals surface area (Å²) in [6.07, 6.45) is 4.71. The number of nitrogens with zero attached hydrogens (tertiary/aromatic N) is 1. The molecule has 0 saturated heterocycles. The quantitative estimate of drug-likeness (QED) is 0.617. The van der Waals surface area contributed by atoms with Crippen molar-refractivity contribution in [3.8, 4) is 0 Å². The topological polar surface area (TPSA) is 30.0 Å². The summed E-state index contributed by atoms with van der Waals surface area (Å²) in [6.45, 7) is 0. The second kappa shape index (κ2) is 3.88. The van der Waals surface area contributed by atoms with E-state index in [4.69, 9.17) is 0 Å². The van der Waals surface area contributed by atoms with Gasteiger partial charge in [-0.1, -0.05) is 22.4 Å². The highest BCUT2D eigenvalue weighted by Gasteiger charge is 2.28. The molecule has 4 heteroatoms. The number of hydrogen-bond donors (Lipinski definition) is 0. The standard InChI is InChI=1S/C9H10BrNOS/c10-8(6-2-1-3-6)9-11-7(4-12)5-13-9/h4-6,8H,1-3H2. The van der Waals surface area contributed by atoms with Crippen LogP contribution in [0.4, 0.5) is 0 Å². The first-order chi connectivity index (χ1) is 6.31. The Labute approximate surface area is 89.5 Å². The molecule has 0 N–H and O–H groups in total. The lowest BCUT2D eigenvalue weighted by Gasteiger charge is -2.28. The molecule has 1 aromatic heterocycles. The van der Waals surface area contributed by atoms with Crippen molar-refractivity contribution in [2.75, 3.05) is 0 Å². The molecule has 1 saturated carbocycles. The van der Waals surface area contributed by atoms with Gasteiger partial charge in [0, 0.05) is 5.38 Å². The summed E-state index contributed by atoms with van der Waals surface area (Å²) >= 11 is 5.21. The summed E-state index contributed by atoms with van der Waals surface area (Å²) in [5.41, 5.74) is 0.559. The van der Waals surface area contributed by atoms with E-state index in [1.54, 1.807) is 11.3 Å². The fourth-order valence-electron chi connectivity index (χ4n) is 1.42. The number of halogens is 1. The van der Waals surface area contributed by atoms with Gasteiger partial charge in [0.15, 0.2) is 6.29 Å². The molecule has 2 rings (SSSR count). The molecule has 1 unspecified atom stereocenters. The van der Waals surface area contributed by atoms with Crippen LogP contribution in [0.1, 0.15) is 39.6 Å². The lowest BCUT2D eigenvalue weighted by Crippen LogP contribution is -2.16. The van der Waals surface area contributed by atoms with E-state index in [-0.39, 0.29) is 0 Å². The maximum absolute atomic E-state index is 10.4. The molecule has 2 nitrogen and oxygen atoms in total. The molecule has 0 bridgehead atoms. The Bertz CT molecular complexity index is 308. The van der Waals surface area contributed by atoms with Gasteiger partial charge in [0.05, 0.1) is 4.83 Å². The van der Waals surface area contributed by atoms with Gasteiger partial charge >= 0.3 is 0 Å². The second-order valence-electron chi connectivity index (χ2n) is 3.32. The van der Waals surface area contributed by atoms with Crippen LogP contribution in [0.25, 0.3) is 0 Å². The fraction of sp³-hybridized carbons (Fsp3) is 0.556. The van der Waals surface area contributed by atoms with Crippen LogP contribution in [-0.4, -0.2) is 11.3 Å². The average molecular weight is 260 g/mol. The summed E-state index contributed by atoms with van der Waals surface area (Å²) < 4.78 is 0. The van der Waals surface area contributed by atoms with Crippen LogP contribution in [0, 0.1) is 5.92 Å². The van der Waals surface area contributed by atoms with Crippen LogP contribution in [0.5, 0.6) is 0 Å². The Balaban J connectivity index is 2.09. The monoisotopic (exact) mass is 259 g/mol. The van der Waals surface area contributed by atoms with E-state index in [9.17, 15) is 4.79 Å². The predicted octanol–water partition coefficient (Wildman–Crippen LogP) is 3.19. The Morgan fingerprint density at radius 2 is 2.46 bits per heavy atom. The van der Waals surface area contributed by atoms with Crippen molar-refractivity contribution in [1.29, 1.82) is 0 Å². The molecule has 0 aromatic carbocycles. The maximum atomic E-state index is 10.4. The molecule has 0 radical (unpaired) electrons. The lowest BCUT2D eigenvalue weighted by molar-refractivity contribution is 0.111. The number of thiazole rings is 1. The van der Waals surface area contributed by atoms with Crippen molar-refractivity contribution in [2.45, 2.75) is 24.1 Å². The van der Waals surface area contributed by atoms with Gasteiger partial charge in [0.1, 0.15) is 10.7 Å². The van der Waals surface area contributed by atoms with Gasteiger partial charge in [-0.2, -0.15) is 0 Å². The Morgan fingerprint density at radius 3 is 2.92 bits per heavy atom. The minimum atomic E-state index is 0.361. The van der Waals surface area contributed by atoms with Gasteiger partial charge in [-0.05, 0) is 18.8 Å². The Hall–Kier alpha value is -0.220. The number of carbonyl (C=O) groups is 1. The number of hydrogen-bond acceptors (Lipinski definition) is 3. The number of carbonyl (C=O) groups excluding carboxylic acids is 1. The second-order valence-corrected chi connectivity index (χ2v) is 5.20. The SMILES string of the molecule is O=Cc1csc(C(Br)C2CCC2)n1. The molecular formula is C9H10BrNOS. The molecular weight excluding hydrogens is 250 g/mol. The minimum Gasteiger partial charge on any atom is -0.296 e. The number of rotatable bonds is 3. The van der Waals surface area contributed by atoms with Crippen molar-refractivity contribution in [3.05, 3.63) is 16.1 Å². The van der Waals surface area contributed by atoms with Crippen molar-refractivity contribution < 1.29 is 4.79 Å². The van der Waals surface area contributed by atoms with Gasteiger partial charge in [-0.15, -0.1) is 11.3 Å². The molecule has 0 aliphatic heterocycles. The summed E-state index contributed by atoms with van der Waals surface area (Å²) in [5, 5.41) is 2.86. The third-order valence-corrected chi connectivity index (χ3v) is 4.89. The summed E-state index contributed by atoms with van der Waals surface area (Å²) in [7, 11) is 0. The smallest absolute Gasteiger partial charge is 0.169 e. The highest BCUT2D eigenvalue weighted by molar-refractivity contribution is 9.09. The van der Waals surface area contributed by atoms with Crippen LogP contribution in [0.2, 0.25) is 0 Å². The number of aromatic nitrogens is 1. The largest absolute Gasteiger partial charge is 0.296 e. The zero-order valence-corrected chi connectivity index (χ0v) is 9.47. The molecule has 1 aliphatic carbocycles. The Kier molecular flexibility index (Phi) is 2.79. The predicted molar refractivity (Wildman–Crippen MR) is 56.5 cm³/mol. The first-order valence-electron chi connectivity index (χ1n) is 4.36. The normalized spacial score (nSPS) is 19.5. The molecule has 1 fully saturated rings. The summed E-state index contributed by atoms with van der Waals surface area (Å²) in [5.74, 6) is 0.727. The van der Waals surface area contributed by atoms with E-state index < -0.39 is 0 Å². The minimum absolute atomic E-state index is 0.361. The summed E-state index contributed by atoms with van der Waals surface area (Å²) in [4.78, 5) is 15.0. The van der Waals surface area contributed by atoms with Crippen LogP contribution >= 0.6 is 27.3 Å². The van der Waals surface area contributed by atoms with Gasteiger partial charge in [-0.25, -0.2) is 4.98 Å². The molecule has 1 atom stereocenters. The first-order valence-corrected chi connectivity index (χ1v) is 6.15. The van der Waals surface area contributed by atoms with Crippen molar-refractivity contribution in [1.82, 2.24) is 4.98 Å². The highest BCUT2D eigenvalue weighted by Crippen LogP contribution is 2.43. The van der Waals surface area contributed by atoms with Crippen molar-refractivity contribution in [3.63, 3.8) is 0 Å². The van der Waals surface area contributed by atoms with Crippen LogP contribution in [-0.2, 0) is 0 Å². The third-order valence-electron chi connectivity index (χ3n) is 2.46. The van der Waals surface area contributed by atoms with E-state index in [1.165, 1.54) is 19.3 Å². The average Bonchev–Trinajstić information content (AvgIpc) is 2.48. The molecule has 1 aliphatic rings. The number of aldehydes is 1. The van der Waals surface area contributed by atoms with Crippen LogP contribution in [0.3, 0.4) is 0 Å². The highest BCUT2D eigenvalue weighted by atomic mass is 79.9. The van der Waals surface area contributed by atoms with E-state index in [0.717, 1.165) is 17.2 Å². The molecule has 13 heavy (non-hydrogen) atoms. The molecule has 70 valence electrons. The zero-order valence-electron chi connectivity index (χ0n) is 7.07. The van der Waals surface area contributed by atoms with E-state index >= 15 is 0 Å². The van der Waals surface area contributed by atoms with E-state index in [2.05, 4.69) is 20.9 Å². The van der Waals surface area contributed by atoms with Gasteiger partial charge in [0.2, 0.25) is 0 Å².